The van der Waals surface area contributed by atoms with Crippen molar-refractivity contribution in [2.45, 2.75) is 6.04 Å². The lowest BCUT2D eigenvalue weighted by Gasteiger charge is -2.10. The summed E-state index contributed by atoms with van der Waals surface area (Å²) in [6.07, 6.45) is 3.48. The first-order valence-corrected chi connectivity index (χ1v) is 4.04. The standard InChI is InChI=1S/C9H11N3O/c10-12-9(7-3-1-5-11-7)8-4-2-6-13-8/h1-6,9,11-12H,10H2. The van der Waals surface area contributed by atoms with E-state index in [4.69, 9.17) is 10.3 Å². The SMILES string of the molecule is NNC(c1ccc[nH]1)c1ccco1. The van der Waals surface area contributed by atoms with Gasteiger partial charge in [0.2, 0.25) is 0 Å². The number of rotatable bonds is 3. The fourth-order valence-electron chi connectivity index (χ4n) is 1.30. The summed E-state index contributed by atoms with van der Waals surface area (Å²) < 4.78 is 5.25. The van der Waals surface area contributed by atoms with Crippen LogP contribution in [0.2, 0.25) is 0 Å². The number of aromatic nitrogens is 1. The largest absolute Gasteiger partial charge is 0.467 e. The lowest BCUT2D eigenvalue weighted by atomic mass is 10.2. The summed E-state index contributed by atoms with van der Waals surface area (Å²) in [4.78, 5) is 3.07. The monoisotopic (exact) mass is 177 g/mol. The molecule has 4 nitrogen and oxygen atoms in total. The van der Waals surface area contributed by atoms with E-state index in [0.717, 1.165) is 11.5 Å². The van der Waals surface area contributed by atoms with Gasteiger partial charge < -0.3 is 9.40 Å². The molecule has 0 radical (unpaired) electrons. The molecule has 0 aliphatic carbocycles. The third kappa shape index (κ3) is 1.49. The molecule has 1 atom stereocenters. The minimum Gasteiger partial charge on any atom is -0.467 e. The van der Waals surface area contributed by atoms with Crippen LogP contribution < -0.4 is 11.3 Å². The Morgan fingerprint density at radius 3 is 2.85 bits per heavy atom. The molecule has 0 fully saturated rings. The van der Waals surface area contributed by atoms with Gasteiger partial charge in [-0.1, -0.05) is 0 Å². The fourth-order valence-corrected chi connectivity index (χ4v) is 1.30. The summed E-state index contributed by atoms with van der Waals surface area (Å²) in [5.41, 5.74) is 3.67. The highest BCUT2D eigenvalue weighted by Gasteiger charge is 2.14. The summed E-state index contributed by atoms with van der Waals surface area (Å²) >= 11 is 0. The van der Waals surface area contributed by atoms with Gasteiger partial charge in [0.05, 0.1) is 6.26 Å². The smallest absolute Gasteiger partial charge is 0.128 e. The molecule has 0 bridgehead atoms. The highest BCUT2D eigenvalue weighted by molar-refractivity contribution is 5.19. The Kier molecular flexibility index (Phi) is 2.16. The predicted octanol–water partition coefficient (Wildman–Crippen LogP) is 1.16. The van der Waals surface area contributed by atoms with Gasteiger partial charge >= 0.3 is 0 Å². The van der Waals surface area contributed by atoms with E-state index in [-0.39, 0.29) is 6.04 Å². The van der Waals surface area contributed by atoms with Gasteiger partial charge in [-0.15, -0.1) is 0 Å². The minimum atomic E-state index is -0.106. The van der Waals surface area contributed by atoms with Crippen LogP contribution >= 0.6 is 0 Å². The lowest BCUT2D eigenvalue weighted by molar-refractivity contribution is 0.448. The van der Waals surface area contributed by atoms with Crippen LogP contribution in [0, 0.1) is 0 Å². The van der Waals surface area contributed by atoms with Gasteiger partial charge in [0.25, 0.3) is 0 Å². The molecule has 0 aliphatic rings. The molecule has 1 unspecified atom stereocenters. The van der Waals surface area contributed by atoms with Gasteiger partial charge in [-0.25, -0.2) is 5.43 Å². The molecule has 2 heterocycles. The third-order valence-corrected chi connectivity index (χ3v) is 1.93. The van der Waals surface area contributed by atoms with E-state index >= 15 is 0 Å². The van der Waals surface area contributed by atoms with Crippen molar-refractivity contribution < 1.29 is 4.42 Å². The normalized spacial score (nSPS) is 13.0. The number of hydrazine groups is 1. The van der Waals surface area contributed by atoms with Gasteiger partial charge in [0, 0.05) is 11.9 Å². The van der Waals surface area contributed by atoms with Crippen molar-refractivity contribution in [3.63, 3.8) is 0 Å². The number of H-pyrrole nitrogens is 1. The minimum absolute atomic E-state index is 0.106. The number of hydrogen-bond acceptors (Lipinski definition) is 3. The van der Waals surface area contributed by atoms with Crippen molar-refractivity contribution in [2.75, 3.05) is 0 Å². The molecule has 4 heteroatoms. The Labute approximate surface area is 75.7 Å². The van der Waals surface area contributed by atoms with Crippen LogP contribution in [-0.4, -0.2) is 4.98 Å². The Balaban J connectivity index is 2.29. The Morgan fingerprint density at radius 1 is 1.38 bits per heavy atom. The van der Waals surface area contributed by atoms with Crippen molar-refractivity contribution in [2.24, 2.45) is 5.84 Å². The van der Waals surface area contributed by atoms with Gasteiger partial charge in [-0.3, -0.25) is 5.84 Å². The zero-order valence-corrected chi connectivity index (χ0v) is 7.03. The van der Waals surface area contributed by atoms with Crippen LogP contribution in [0.1, 0.15) is 17.5 Å². The summed E-state index contributed by atoms with van der Waals surface area (Å²) in [5.74, 6) is 6.22. The van der Waals surface area contributed by atoms with E-state index in [0.29, 0.717) is 0 Å². The molecule has 0 saturated carbocycles. The molecular formula is C9H11N3O. The molecule has 0 aliphatic heterocycles. The van der Waals surface area contributed by atoms with Crippen molar-refractivity contribution in [3.8, 4) is 0 Å². The number of furan rings is 1. The van der Waals surface area contributed by atoms with Gasteiger partial charge in [-0.2, -0.15) is 0 Å². The summed E-state index contributed by atoms with van der Waals surface area (Å²) in [7, 11) is 0. The molecular weight excluding hydrogens is 166 g/mol. The van der Waals surface area contributed by atoms with E-state index < -0.39 is 0 Å². The van der Waals surface area contributed by atoms with Crippen molar-refractivity contribution in [1.82, 2.24) is 10.4 Å². The average molecular weight is 177 g/mol. The summed E-state index contributed by atoms with van der Waals surface area (Å²) in [5, 5.41) is 0. The molecule has 13 heavy (non-hydrogen) atoms. The summed E-state index contributed by atoms with van der Waals surface area (Å²) in [6, 6.07) is 7.48. The average Bonchev–Trinajstić information content (AvgIpc) is 2.76. The van der Waals surface area contributed by atoms with E-state index in [1.807, 2.05) is 30.5 Å². The highest BCUT2D eigenvalue weighted by Crippen LogP contribution is 2.19. The Morgan fingerprint density at radius 2 is 2.31 bits per heavy atom. The number of nitrogens with one attached hydrogen (secondary N) is 2. The number of hydrogen-bond donors (Lipinski definition) is 3. The molecule has 0 amide bonds. The van der Waals surface area contributed by atoms with Crippen LogP contribution in [0.15, 0.2) is 41.1 Å². The highest BCUT2D eigenvalue weighted by atomic mass is 16.3. The molecule has 68 valence electrons. The first-order valence-electron chi connectivity index (χ1n) is 4.04. The van der Waals surface area contributed by atoms with E-state index in [9.17, 15) is 0 Å². The van der Waals surface area contributed by atoms with Crippen molar-refractivity contribution in [3.05, 3.63) is 48.2 Å². The first-order chi connectivity index (χ1) is 6.42. The van der Waals surface area contributed by atoms with Crippen LogP contribution in [0.5, 0.6) is 0 Å². The first kappa shape index (κ1) is 8.10. The predicted molar refractivity (Wildman–Crippen MR) is 48.7 cm³/mol. The maximum Gasteiger partial charge on any atom is 0.128 e. The summed E-state index contributed by atoms with van der Waals surface area (Å²) in [6.45, 7) is 0. The van der Waals surface area contributed by atoms with Gasteiger partial charge in [-0.05, 0) is 24.3 Å². The Hall–Kier alpha value is -1.52. The topological polar surface area (TPSA) is 67.0 Å². The lowest BCUT2D eigenvalue weighted by Crippen LogP contribution is -2.28. The molecule has 0 saturated heterocycles. The van der Waals surface area contributed by atoms with Crippen LogP contribution in [0.25, 0.3) is 0 Å². The van der Waals surface area contributed by atoms with Crippen molar-refractivity contribution >= 4 is 0 Å². The molecule has 2 rings (SSSR count). The second-order valence-corrected chi connectivity index (χ2v) is 2.74. The zero-order chi connectivity index (χ0) is 9.10. The van der Waals surface area contributed by atoms with Crippen LogP contribution in [0.4, 0.5) is 0 Å². The van der Waals surface area contributed by atoms with Crippen molar-refractivity contribution in [1.29, 1.82) is 0 Å². The molecule has 0 aromatic carbocycles. The van der Waals surface area contributed by atoms with Crippen LogP contribution in [-0.2, 0) is 0 Å². The zero-order valence-electron chi connectivity index (χ0n) is 7.03. The Bertz CT molecular complexity index is 305. The fraction of sp³-hybridized carbons (Fsp3) is 0.111. The van der Waals surface area contributed by atoms with E-state index in [2.05, 4.69) is 10.4 Å². The van der Waals surface area contributed by atoms with Crippen LogP contribution in [0.3, 0.4) is 0 Å². The molecule has 2 aromatic heterocycles. The van der Waals surface area contributed by atoms with E-state index in [1.165, 1.54) is 0 Å². The van der Waals surface area contributed by atoms with Gasteiger partial charge in [0.15, 0.2) is 0 Å². The molecule has 2 aromatic rings. The molecule has 4 N–H and O–H groups in total. The molecule has 0 spiro atoms. The third-order valence-electron chi connectivity index (χ3n) is 1.93. The second kappa shape index (κ2) is 3.47. The maximum absolute atomic E-state index is 5.43. The quantitative estimate of drug-likeness (QED) is 0.487. The maximum atomic E-state index is 5.43. The second-order valence-electron chi connectivity index (χ2n) is 2.74. The van der Waals surface area contributed by atoms with E-state index in [1.54, 1.807) is 6.26 Å². The van der Waals surface area contributed by atoms with Gasteiger partial charge in [0.1, 0.15) is 11.8 Å². The number of nitrogens with two attached hydrogens (primary N) is 1. The number of aromatic amines is 1.